The Morgan fingerprint density at radius 1 is 1.16 bits per heavy atom. The van der Waals surface area contributed by atoms with E-state index in [-0.39, 0.29) is 29.3 Å². The predicted octanol–water partition coefficient (Wildman–Crippen LogP) is 5.12. The lowest BCUT2D eigenvalue weighted by Crippen LogP contribution is -2.23. The SMILES string of the molecule is Cl.Cn1c(SCCCN2CC[C@]3(C[C@@H]3c3ccc(C(F)(F)F)cc3F)C2)nnc1-c1ccn(C)c(=O)c1. The van der Waals surface area contributed by atoms with Gasteiger partial charge >= 0.3 is 6.18 Å². The smallest absolute Gasteiger partial charge is 0.319 e. The van der Waals surface area contributed by atoms with Gasteiger partial charge in [0.05, 0.1) is 5.56 Å². The average Bonchev–Trinajstić information content (AvgIpc) is 3.15. The zero-order chi connectivity index (χ0) is 25.7. The van der Waals surface area contributed by atoms with Crippen LogP contribution < -0.4 is 5.56 Å². The second kappa shape index (κ2) is 10.4. The minimum atomic E-state index is -4.53. The molecule has 1 saturated heterocycles. The van der Waals surface area contributed by atoms with Gasteiger partial charge in [-0.05, 0) is 67.4 Å². The molecule has 2 aliphatic rings. The summed E-state index contributed by atoms with van der Waals surface area (Å²) < 4.78 is 56.4. The fourth-order valence-electron chi connectivity index (χ4n) is 5.23. The molecule has 0 unspecified atom stereocenters. The minimum Gasteiger partial charge on any atom is -0.319 e. The lowest BCUT2D eigenvalue weighted by Gasteiger charge is -2.16. The maximum Gasteiger partial charge on any atom is 0.416 e. The molecule has 12 heteroatoms. The molecule has 2 fully saturated rings. The maximum atomic E-state index is 14.4. The maximum absolute atomic E-state index is 14.4. The normalized spacial score (nSPS) is 21.4. The third kappa shape index (κ3) is 5.58. The zero-order valence-corrected chi connectivity index (χ0v) is 22.1. The van der Waals surface area contributed by atoms with Gasteiger partial charge < -0.3 is 14.0 Å². The molecule has 0 radical (unpaired) electrons. The van der Waals surface area contributed by atoms with Crippen molar-refractivity contribution in [1.82, 2.24) is 24.2 Å². The van der Waals surface area contributed by atoms with Crippen molar-refractivity contribution < 1.29 is 17.6 Å². The molecule has 0 N–H and O–H groups in total. The highest BCUT2D eigenvalue weighted by Crippen LogP contribution is 2.64. The van der Waals surface area contributed by atoms with E-state index in [1.165, 1.54) is 10.6 Å². The van der Waals surface area contributed by atoms with Crippen LogP contribution in [0, 0.1) is 11.2 Å². The third-order valence-corrected chi connectivity index (χ3v) is 8.51. The number of pyridine rings is 1. The van der Waals surface area contributed by atoms with Crippen LogP contribution in [0.15, 0.2) is 46.5 Å². The van der Waals surface area contributed by atoms with E-state index in [0.717, 1.165) is 61.4 Å². The van der Waals surface area contributed by atoms with E-state index in [1.807, 2.05) is 17.7 Å². The monoisotopic (exact) mass is 557 g/mol. The topological polar surface area (TPSA) is 56.0 Å². The number of halogens is 5. The second-order valence-corrected chi connectivity index (χ2v) is 10.9. The number of nitrogens with zero attached hydrogens (tertiary/aromatic N) is 5. The molecule has 6 nitrogen and oxygen atoms in total. The summed E-state index contributed by atoms with van der Waals surface area (Å²) in [7, 11) is 3.58. The summed E-state index contributed by atoms with van der Waals surface area (Å²) in [6, 6.07) is 6.32. The first kappa shape index (κ1) is 27.7. The van der Waals surface area contributed by atoms with Gasteiger partial charge in [0.2, 0.25) is 0 Å². The number of thioether (sulfide) groups is 1. The van der Waals surface area contributed by atoms with Crippen molar-refractivity contribution >= 4 is 24.2 Å². The van der Waals surface area contributed by atoms with Gasteiger partial charge in [-0.1, -0.05) is 17.8 Å². The molecular formula is C25H28ClF4N5OS. The molecule has 2 aromatic heterocycles. The molecule has 0 bridgehead atoms. The Hall–Kier alpha value is -2.37. The van der Waals surface area contributed by atoms with E-state index in [0.29, 0.717) is 17.5 Å². The number of benzene rings is 1. The molecule has 1 aliphatic carbocycles. The van der Waals surface area contributed by atoms with Crippen molar-refractivity contribution in [3.8, 4) is 11.4 Å². The minimum absolute atomic E-state index is 0. The van der Waals surface area contributed by atoms with Crippen LogP contribution >= 0.6 is 24.2 Å². The van der Waals surface area contributed by atoms with E-state index in [9.17, 15) is 22.4 Å². The largest absolute Gasteiger partial charge is 0.416 e. The molecule has 200 valence electrons. The summed E-state index contributed by atoms with van der Waals surface area (Å²) in [6.45, 7) is 2.66. The molecule has 0 amide bonds. The van der Waals surface area contributed by atoms with Crippen LogP contribution in [0.2, 0.25) is 0 Å². The fourth-order valence-corrected chi connectivity index (χ4v) is 6.07. The summed E-state index contributed by atoms with van der Waals surface area (Å²) in [4.78, 5) is 14.3. The number of likely N-dealkylation sites (tertiary alicyclic amines) is 1. The highest BCUT2D eigenvalue weighted by Gasteiger charge is 2.58. The van der Waals surface area contributed by atoms with E-state index in [1.54, 1.807) is 31.1 Å². The first-order valence-electron chi connectivity index (χ1n) is 11.9. The number of hydrogen-bond acceptors (Lipinski definition) is 5. The number of alkyl halides is 3. The van der Waals surface area contributed by atoms with Crippen molar-refractivity contribution in [2.75, 3.05) is 25.4 Å². The van der Waals surface area contributed by atoms with Crippen molar-refractivity contribution in [2.45, 2.75) is 36.5 Å². The summed E-state index contributed by atoms with van der Waals surface area (Å²) in [6.07, 6.45) is -0.124. The van der Waals surface area contributed by atoms with Gasteiger partial charge in [-0.2, -0.15) is 13.2 Å². The quantitative estimate of drug-likeness (QED) is 0.229. The Kier molecular flexibility index (Phi) is 7.79. The Labute approximate surface area is 222 Å². The molecule has 1 aliphatic heterocycles. The van der Waals surface area contributed by atoms with Crippen LogP contribution in [0.3, 0.4) is 0 Å². The lowest BCUT2D eigenvalue weighted by molar-refractivity contribution is -0.137. The van der Waals surface area contributed by atoms with Gasteiger partial charge in [0, 0.05) is 44.2 Å². The van der Waals surface area contributed by atoms with Crippen molar-refractivity contribution in [3.63, 3.8) is 0 Å². The van der Waals surface area contributed by atoms with Gasteiger partial charge in [-0.15, -0.1) is 22.6 Å². The fraction of sp³-hybridized carbons (Fsp3) is 0.480. The highest BCUT2D eigenvalue weighted by molar-refractivity contribution is 7.99. The Morgan fingerprint density at radius 3 is 2.65 bits per heavy atom. The number of hydrogen-bond donors (Lipinski definition) is 0. The molecule has 1 aromatic carbocycles. The van der Waals surface area contributed by atoms with Crippen molar-refractivity contribution in [2.24, 2.45) is 19.5 Å². The van der Waals surface area contributed by atoms with E-state index in [2.05, 4.69) is 15.1 Å². The Balaban J connectivity index is 0.00000320. The molecule has 3 heterocycles. The van der Waals surface area contributed by atoms with Gasteiger partial charge in [0.15, 0.2) is 11.0 Å². The van der Waals surface area contributed by atoms with E-state index < -0.39 is 17.6 Å². The standard InChI is InChI=1S/C25H27F4N5OS.ClH/c1-32-9-6-16(12-21(32)35)22-30-31-23(33(22)2)36-11-3-8-34-10-7-24(15-34)14-19(24)18-5-4-17(13-20(18)26)25(27,28)29;/h4-6,9,12-13,19H,3,7-8,10-11,14-15H2,1-2H3;1H/t19-,24+;/m1./s1. The van der Waals surface area contributed by atoms with Gasteiger partial charge in [-0.25, -0.2) is 4.39 Å². The van der Waals surface area contributed by atoms with Crippen LogP contribution in [0.5, 0.6) is 0 Å². The Morgan fingerprint density at radius 2 is 1.95 bits per heavy atom. The van der Waals surface area contributed by atoms with Crippen molar-refractivity contribution in [1.29, 1.82) is 0 Å². The van der Waals surface area contributed by atoms with Gasteiger partial charge in [0.1, 0.15) is 5.82 Å². The molecule has 1 spiro atoms. The average molecular weight is 558 g/mol. The molecule has 2 atom stereocenters. The van der Waals surface area contributed by atoms with Crippen LogP contribution in [0.4, 0.5) is 17.6 Å². The lowest BCUT2D eigenvalue weighted by atomic mass is 9.97. The second-order valence-electron chi connectivity index (χ2n) is 9.81. The molecule has 5 rings (SSSR count). The first-order valence-corrected chi connectivity index (χ1v) is 12.8. The van der Waals surface area contributed by atoms with Crippen LogP contribution in [0.1, 0.15) is 36.3 Å². The van der Waals surface area contributed by atoms with Gasteiger partial charge in [0.25, 0.3) is 5.56 Å². The van der Waals surface area contributed by atoms with Crippen LogP contribution in [-0.4, -0.2) is 49.6 Å². The van der Waals surface area contributed by atoms with Crippen LogP contribution in [0.25, 0.3) is 11.4 Å². The summed E-state index contributed by atoms with van der Waals surface area (Å²) >= 11 is 1.61. The number of rotatable bonds is 7. The van der Waals surface area contributed by atoms with E-state index in [4.69, 9.17) is 0 Å². The molecular weight excluding hydrogens is 530 g/mol. The van der Waals surface area contributed by atoms with Crippen molar-refractivity contribution in [3.05, 3.63) is 63.8 Å². The van der Waals surface area contributed by atoms with E-state index >= 15 is 0 Å². The molecule has 3 aromatic rings. The highest BCUT2D eigenvalue weighted by atomic mass is 35.5. The summed E-state index contributed by atoms with van der Waals surface area (Å²) in [5, 5.41) is 9.29. The number of aryl methyl sites for hydroxylation is 1. The predicted molar refractivity (Wildman–Crippen MR) is 137 cm³/mol. The Bertz CT molecular complexity index is 1340. The van der Waals surface area contributed by atoms with Gasteiger partial charge in [-0.3, -0.25) is 4.79 Å². The number of aromatic nitrogens is 4. The van der Waals surface area contributed by atoms with Crippen LogP contribution in [-0.2, 0) is 20.3 Å². The summed E-state index contributed by atoms with van der Waals surface area (Å²) in [5.74, 6) is 0.738. The third-order valence-electron chi connectivity index (χ3n) is 7.40. The molecule has 37 heavy (non-hydrogen) atoms. The molecule has 1 saturated carbocycles. The summed E-state index contributed by atoms with van der Waals surface area (Å²) in [5.41, 5.74) is 0.0820. The zero-order valence-electron chi connectivity index (χ0n) is 20.5. The first-order chi connectivity index (χ1) is 17.1.